The van der Waals surface area contributed by atoms with Crippen LogP contribution in [0.25, 0.3) is 22.2 Å². The van der Waals surface area contributed by atoms with E-state index in [4.69, 9.17) is 9.52 Å². The van der Waals surface area contributed by atoms with E-state index in [9.17, 15) is 14.7 Å². The molecule has 1 aromatic heterocycles. The fourth-order valence-electron chi connectivity index (χ4n) is 3.76. The van der Waals surface area contributed by atoms with Gasteiger partial charge in [0.2, 0.25) is 0 Å². The molecule has 0 bridgehead atoms. The molecule has 7 nitrogen and oxygen atoms in total. The summed E-state index contributed by atoms with van der Waals surface area (Å²) in [6, 6.07) is 22.2. The summed E-state index contributed by atoms with van der Waals surface area (Å²) < 4.78 is 5.49. The minimum Gasteiger partial charge on any atom is -0.479 e. The molecule has 4 aromatic rings. The van der Waals surface area contributed by atoms with E-state index in [1.807, 2.05) is 54.6 Å². The maximum Gasteiger partial charge on any atom is 0.332 e. The lowest BCUT2D eigenvalue weighted by Crippen LogP contribution is -2.40. The summed E-state index contributed by atoms with van der Waals surface area (Å²) in [5.41, 5.74) is 4.58. The van der Waals surface area contributed by atoms with Gasteiger partial charge in [-0.05, 0) is 41.3 Å². The van der Waals surface area contributed by atoms with E-state index in [-0.39, 0.29) is 12.3 Å². The fraction of sp³-hybridized carbons (Fsp3) is 0.192. The van der Waals surface area contributed by atoms with Gasteiger partial charge in [-0.3, -0.25) is 4.79 Å². The number of rotatable bonds is 8. The summed E-state index contributed by atoms with van der Waals surface area (Å²) in [6.45, 7) is 1.73. The molecule has 168 valence electrons. The monoisotopic (exact) mass is 444 g/mol. The summed E-state index contributed by atoms with van der Waals surface area (Å²) >= 11 is 0. The second-order valence-electron chi connectivity index (χ2n) is 7.94. The molecule has 4 rings (SSSR count). The van der Waals surface area contributed by atoms with Crippen LogP contribution < -0.4 is 5.32 Å². The highest BCUT2D eigenvalue weighted by molar-refractivity contribution is 5.97. The van der Waals surface area contributed by atoms with Crippen molar-refractivity contribution in [3.8, 4) is 11.1 Å². The van der Waals surface area contributed by atoms with Gasteiger partial charge in [0.15, 0.2) is 17.6 Å². The molecule has 0 spiro atoms. The number of aromatic nitrogens is 1. The van der Waals surface area contributed by atoms with Crippen molar-refractivity contribution in [2.24, 2.45) is 0 Å². The Hall–Kier alpha value is -3.97. The van der Waals surface area contributed by atoms with E-state index in [0.717, 1.165) is 16.7 Å². The molecule has 0 saturated carbocycles. The van der Waals surface area contributed by atoms with E-state index in [0.29, 0.717) is 29.0 Å². The topological polar surface area (TPSA) is 113 Å². The maximum atomic E-state index is 12.9. The first kappa shape index (κ1) is 22.2. The molecule has 2 unspecified atom stereocenters. The van der Waals surface area contributed by atoms with Crippen LogP contribution in [0.5, 0.6) is 0 Å². The highest BCUT2D eigenvalue weighted by Crippen LogP contribution is 2.21. The Morgan fingerprint density at radius 3 is 2.39 bits per heavy atom. The average molecular weight is 444 g/mol. The molecule has 1 heterocycles. The summed E-state index contributed by atoms with van der Waals surface area (Å²) in [6.07, 6.45) is -1.33. The van der Waals surface area contributed by atoms with E-state index < -0.39 is 18.1 Å². The number of nitrogens with one attached hydrogen (secondary N) is 1. The van der Waals surface area contributed by atoms with Crippen LogP contribution in [0.15, 0.2) is 77.2 Å². The largest absolute Gasteiger partial charge is 0.479 e. The van der Waals surface area contributed by atoms with Gasteiger partial charge in [0.1, 0.15) is 5.52 Å². The Kier molecular flexibility index (Phi) is 6.51. The van der Waals surface area contributed by atoms with Gasteiger partial charge in [0, 0.05) is 24.9 Å². The highest BCUT2D eigenvalue weighted by Gasteiger charge is 2.23. The number of carboxylic acid groups (broad SMARTS) is 1. The lowest BCUT2D eigenvalue weighted by atomic mass is 9.97. The summed E-state index contributed by atoms with van der Waals surface area (Å²) in [5, 5.41) is 21.9. The number of amides is 1. The van der Waals surface area contributed by atoms with Crippen LogP contribution in [0.1, 0.15) is 28.2 Å². The first-order valence-electron chi connectivity index (χ1n) is 10.6. The number of nitrogens with zero attached hydrogens (tertiary/aromatic N) is 1. The van der Waals surface area contributed by atoms with Crippen LogP contribution in [-0.4, -0.2) is 39.2 Å². The van der Waals surface area contributed by atoms with Gasteiger partial charge in [-0.15, -0.1) is 0 Å². The molecule has 0 radical (unpaired) electrons. The van der Waals surface area contributed by atoms with Crippen LogP contribution in [0, 0.1) is 6.92 Å². The van der Waals surface area contributed by atoms with Gasteiger partial charge in [-0.1, -0.05) is 54.6 Å². The average Bonchev–Trinajstić information content (AvgIpc) is 3.19. The molecule has 7 heteroatoms. The van der Waals surface area contributed by atoms with Gasteiger partial charge in [-0.2, -0.15) is 0 Å². The molecule has 3 N–H and O–H groups in total. The van der Waals surface area contributed by atoms with E-state index in [2.05, 4.69) is 10.3 Å². The predicted octanol–water partition coefficient (Wildman–Crippen LogP) is 3.98. The number of carboxylic acids is 1. The van der Waals surface area contributed by atoms with E-state index in [1.165, 1.54) is 0 Å². The Morgan fingerprint density at radius 1 is 1.00 bits per heavy atom. The summed E-state index contributed by atoms with van der Waals surface area (Å²) in [5.74, 6) is -1.20. The molecule has 3 aromatic carbocycles. The lowest BCUT2D eigenvalue weighted by molar-refractivity contribution is -0.147. The van der Waals surface area contributed by atoms with Gasteiger partial charge in [-0.25, -0.2) is 9.78 Å². The first-order chi connectivity index (χ1) is 15.9. The number of aliphatic hydroxyl groups excluding tert-OH is 1. The second kappa shape index (κ2) is 9.67. The van der Waals surface area contributed by atoms with Crippen molar-refractivity contribution in [3.05, 3.63) is 89.8 Å². The Morgan fingerprint density at radius 2 is 1.70 bits per heavy atom. The molecule has 33 heavy (non-hydrogen) atoms. The van der Waals surface area contributed by atoms with Crippen molar-refractivity contribution in [1.29, 1.82) is 0 Å². The molecule has 0 fully saturated rings. The zero-order valence-electron chi connectivity index (χ0n) is 18.1. The quantitative estimate of drug-likeness (QED) is 0.379. The summed E-state index contributed by atoms with van der Waals surface area (Å²) in [7, 11) is 0. The van der Waals surface area contributed by atoms with Gasteiger partial charge < -0.3 is 19.9 Å². The van der Waals surface area contributed by atoms with Crippen molar-refractivity contribution in [2.75, 3.05) is 0 Å². The smallest absolute Gasteiger partial charge is 0.332 e. The van der Waals surface area contributed by atoms with Crippen LogP contribution >= 0.6 is 0 Å². The molecule has 0 aliphatic carbocycles. The first-order valence-corrected chi connectivity index (χ1v) is 10.6. The van der Waals surface area contributed by atoms with E-state index >= 15 is 0 Å². The van der Waals surface area contributed by atoms with Crippen molar-refractivity contribution < 1.29 is 24.2 Å². The third-order valence-corrected chi connectivity index (χ3v) is 5.43. The minimum absolute atomic E-state index is 0.120. The third-order valence-electron chi connectivity index (χ3n) is 5.43. The number of oxazole rings is 1. The van der Waals surface area contributed by atoms with Gasteiger partial charge >= 0.3 is 5.97 Å². The van der Waals surface area contributed by atoms with Crippen LogP contribution in [0.2, 0.25) is 0 Å². The van der Waals surface area contributed by atoms with Crippen LogP contribution in [0.4, 0.5) is 0 Å². The molecule has 2 atom stereocenters. The minimum atomic E-state index is -1.58. The molecule has 0 saturated heterocycles. The zero-order valence-corrected chi connectivity index (χ0v) is 18.1. The fourth-order valence-corrected chi connectivity index (χ4v) is 3.76. The number of hydrogen-bond acceptors (Lipinski definition) is 5. The number of hydrogen-bond donors (Lipinski definition) is 3. The number of fused-ring (bicyclic) bond motifs is 1. The van der Waals surface area contributed by atoms with Crippen molar-refractivity contribution in [2.45, 2.75) is 31.9 Å². The SMILES string of the molecule is Cc1nc2ccc(C(=O)NC(Cc3ccc(-c4ccccc4)cc3)CC(O)C(=O)O)cc2o1. The standard InChI is InChI=1S/C26H24N2O5/c1-16-27-22-12-11-20(14-24(22)33-16)25(30)28-21(15-23(29)26(31)32)13-17-7-9-19(10-8-17)18-5-3-2-4-6-18/h2-12,14,21,23,29H,13,15H2,1H3,(H,28,30)(H,31,32). The van der Waals surface area contributed by atoms with Crippen molar-refractivity contribution in [1.82, 2.24) is 10.3 Å². The summed E-state index contributed by atoms with van der Waals surface area (Å²) in [4.78, 5) is 28.3. The number of aryl methyl sites for hydroxylation is 1. The van der Waals surface area contributed by atoms with Crippen molar-refractivity contribution >= 4 is 23.0 Å². The molecule has 0 aliphatic rings. The number of carbonyl (C=O) groups is 2. The number of aliphatic hydroxyl groups is 1. The number of benzene rings is 3. The lowest BCUT2D eigenvalue weighted by Gasteiger charge is -2.20. The Bertz CT molecular complexity index is 1270. The maximum absolute atomic E-state index is 12.9. The Balaban J connectivity index is 1.51. The second-order valence-corrected chi connectivity index (χ2v) is 7.94. The van der Waals surface area contributed by atoms with Crippen LogP contribution in [0.3, 0.4) is 0 Å². The van der Waals surface area contributed by atoms with E-state index in [1.54, 1.807) is 25.1 Å². The van der Waals surface area contributed by atoms with Gasteiger partial charge in [0.05, 0.1) is 0 Å². The van der Waals surface area contributed by atoms with Crippen molar-refractivity contribution in [3.63, 3.8) is 0 Å². The number of carbonyl (C=O) groups excluding carboxylic acids is 1. The third kappa shape index (κ3) is 5.45. The Labute approximate surface area is 190 Å². The van der Waals surface area contributed by atoms with Gasteiger partial charge in [0.25, 0.3) is 5.91 Å². The number of aliphatic carboxylic acids is 1. The zero-order chi connectivity index (χ0) is 23.4. The normalized spacial score (nSPS) is 12.9. The predicted molar refractivity (Wildman–Crippen MR) is 124 cm³/mol. The van der Waals surface area contributed by atoms with Crippen LogP contribution in [-0.2, 0) is 11.2 Å². The molecular formula is C26H24N2O5. The molecule has 1 amide bonds. The molecule has 0 aliphatic heterocycles. The highest BCUT2D eigenvalue weighted by atomic mass is 16.4. The molecular weight excluding hydrogens is 420 g/mol.